The molecule has 1 aliphatic heterocycles. The van der Waals surface area contributed by atoms with Crippen LogP contribution in [0.25, 0.3) is 0 Å². The highest BCUT2D eigenvalue weighted by atomic mass is 35.5. The first-order valence-corrected chi connectivity index (χ1v) is 8.90. The Balaban J connectivity index is 0.00000288. The number of carbonyl (C=O) groups excluding carboxylic acids is 2. The Morgan fingerprint density at radius 2 is 1.62 bits per heavy atom. The summed E-state index contributed by atoms with van der Waals surface area (Å²) in [5, 5.41) is 3.24. The maximum Gasteiger partial charge on any atom is 0.236 e. The van der Waals surface area contributed by atoms with Gasteiger partial charge in [0, 0.05) is 39.3 Å². The number of nitrogens with one attached hydrogen (secondary N) is 1. The molecule has 1 heterocycles. The van der Waals surface area contributed by atoms with E-state index in [1.54, 1.807) is 0 Å². The second kappa shape index (κ2) is 10.2. The molecule has 0 radical (unpaired) electrons. The van der Waals surface area contributed by atoms with Gasteiger partial charge in [-0.3, -0.25) is 14.5 Å². The number of rotatable bonds is 5. The van der Waals surface area contributed by atoms with E-state index in [1.807, 2.05) is 28.8 Å². The average molecular weight is 361 g/mol. The van der Waals surface area contributed by atoms with E-state index in [2.05, 4.69) is 12.2 Å². The number of amides is 2. The summed E-state index contributed by atoms with van der Waals surface area (Å²) in [4.78, 5) is 30.3. The maximum atomic E-state index is 12.4. The Bertz CT molecular complexity index is 407. The normalized spacial score (nSPS) is 24.4. The highest BCUT2D eigenvalue weighted by Crippen LogP contribution is 2.26. The quantitative estimate of drug-likeness (QED) is 0.788. The van der Waals surface area contributed by atoms with Crippen molar-refractivity contribution in [3.8, 4) is 0 Å². The van der Waals surface area contributed by atoms with Gasteiger partial charge in [-0.25, -0.2) is 0 Å². The van der Waals surface area contributed by atoms with Crippen molar-refractivity contribution >= 4 is 24.2 Å². The molecule has 2 rings (SSSR count). The molecule has 0 atom stereocenters. The Labute approximate surface area is 152 Å². The Hall–Kier alpha value is -0.850. The van der Waals surface area contributed by atoms with E-state index in [0.29, 0.717) is 19.1 Å². The summed E-state index contributed by atoms with van der Waals surface area (Å²) >= 11 is 0. The summed E-state index contributed by atoms with van der Waals surface area (Å²) in [5.74, 6) is 1.03. The molecule has 0 bridgehead atoms. The minimum absolute atomic E-state index is 0. The third kappa shape index (κ3) is 6.22. The molecule has 1 saturated carbocycles. The number of piperazine rings is 1. The first-order chi connectivity index (χ1) is 11.0. The van der Waals surface area contributed by atoms with Crippen LogP contribution in [-0.4, -0.2) is 85.9 Å². The van der Waals surface area contributed by atoms with E-state index < -0.39 is 0 Å². The predicted octanol–water partition coefficient (Wildman–Crippen LogP) is 0.809. The van der Waals surface area contributed by atoms with Gasteiger partial charge in [0.25, 0.3) is 0 Å². The molecule has 1 N–H and O–H groups in total. The van der Waals surface area contributed by atoms with Gasteiger partial charge in [-0.2, -0.15) is 0 Å². The zero-order chi connectivity index (χ0) is 16.8. The molecular formula is C17H33ClN4O2. The fourth-order valence-electron chi connectivity index (χ4n) is 3.48. The third-order valence-corrected chi connectivity index (χ3v) is 5.21. The summed E-state index contributed by atoms with van der Waals surface area (Å²) < 4.78 is 0. The summed E-state index contributed by atoms with van der Waals surface area (Å²) in [6.07, 6.45) is 4.62. The average Bonchev–Trinajstić information content (AvgIpc) is 2.55. The van der Waals surface area contributed by atoms with Crippen LogP contribution in [-0.2, 0) is 9.59 Å². The van der Waals surface area contributed by atoms with Gasteiger partial charge in [0.2, 0.25) is 11.8 Å². The van der Waals surface area contributed by atoms with E-state index in [4.69, 9.17) is 0 Å². The lowest BCUT2D eigenvalue weighted by atomic mass is 9.87. The van der Waals surface area contributed by atoms with Crippen molar-refractivity contribution in [2.75, 3.05) is 53.4 Å². The van der Waals surface area contributed by atoms with E-state index in [-0.39, 0.29) is 24.2 Å². The minimum Gasteiger partial charge on any atom is -0.342 e. The van der Waals surface area contributed by atoms with Crippen molar-refractivity contribution in [3.63, 3.8) is 0 Å². The molecule has 7 heteroatoms. The number of nitrogens with zero attached hydrogens (tertiary/aromatic N) is 3. The van der Waals surface area contributed by atoms with Crippen LogP contribution in [0.15, 0.2) is 0 Å². The topological polar surface area (TPSA) is 55.9 Å². The molecule has 6 nitrogen and oxygen atoms in total. The van der Waals surface area contributed by atoms with E-state index in [9.17, 15) is 9.59 Å². The van der Waals surface area contributed by atoms with Crippen molar-refractivity contribution < 1.29 is 9.59 Å². The maximum absolute atomic E-state index is 12.4. The molecule has 0 spiro atoms. The Kier molecular flexibility index (Phi) is 9.02. The fourth-order valence-corrected chi connectivity index (χ4v) is 3.48. The number of likely N-dealkylation sites (N-methyl/N-ethyl adjacent to an activating group) is 2. The van der Waals surface area contributed by atoms with Crippen LogP contribution in [0.1, 0.15) is 32.6 Å². The molecule has 0 aromatic heterocycles. The first kappa shape index (κ1) is 21.2. The smallest absolute Gasteiger partial charge is 0.236 e. The lowest BCUT2D eigenvalue weighted by Crippen LogP contribution is -2.50. The van der Waals surface area contributed by atoms with Crippen LogP contribution >= 0.6 is 12.4 Å². The van der Waals surface area contributed by atoms with Crippen LogP contribution in [0.4, 0.5) is 0 Å². The van der Waals surface area contributed by atoms with Crippen molar-refractivity contribution in [2.24, 2.45) is 5.92 Å². The van der Waals surface area contributed by atoms with Gasteiger partial charge < -0.3 is 15.1 Å². The lowest BCUT2D eigenvalue weighted by molar-refractivity contribution is -0.136. The van der Waals surface area contributed by atoms with Crippen molar-refractivity contribution in [2.45, 2.75) is 38.6 Å². The predicted molar refractivity (Wildman–Crippen MR) is 98.4 cm³/mol. The molecule has 2 amide bonds. The van der Waals surface area contributed by atoms with Crippen LogP contribution in [0, 0.1) is 5.92 Å². The largest absolute Gasteiger partial charge is 0.342 e. The SMILES string of the molecule is CC1CCC(N(C)C(=O)CN(C)CC(=O)N2CCNCC2)CC1.Cl. The van der Waals surface area contributed by atoms with Gasteiger partial charge in [-0.15, -0.1) is 12.4 Å². The molecule has 1 aliphatic carbocycles. The van der Waals surface area contributed by atoms with Crippen LogP contribution < -0.4 is 5.32 Å². The summed E-state index contributed by atoms with van der Waals surface area (Å²) in [6, 6.07) is 0.371. The molecule has 2 fully saturated rings. The fraction of sp³-hybridized carbons (Fsp3) is 0.882. The molecule has 2 aliphatic rings. The molecule has 1 saturated heterocycles. The van der Waals surface area contributed by atoms with Crippen LogP contribution in [0.5, 0.6) is 0 Å². The molecule has 140 valence electrons. The van der Waals surface area contributed by atoms with Gasteiger partial charge in [-0.1, -0.05) is 6.92 Å². The Morgan fingerprint density at radius 1 is 1.04 bits per heavy atom. The van der Waals surface area contributed by atoms with Gasteiger partial charge in [-0.05, 0) is 38.6 Å². The van der Waals surface area contributed by atoms with Gasteiger partial charge >= 0.3 is 0 Å². The molecule has 0 unspecified atom stereocenters. The van der Waals surface area contributed by atoms with E-state index in [0.717, 1.165) is 44.9 Å². The standard InChI is InChI=1S/C17H32N4O2.ClH/c1-14-4-6-15(7-5-14)20(3)16(22)12-19(2)13-17(23)21-10-8-18-9-11-21;/h14-15,18H,4-13H2,1-3H3;1H. The first-order valence-electron chi connectivity index (χ1n) is 8.90. The number of hydrogen-bond acceptors (Lipinski definition) is 4. The second-order valence-corrected chi connectivity index (χ2v) is 7.22. The monoisotopic (exact) mass is 360 g/mol. The number of hydrogen-bond donors (Lipinski definition) is 1. The zero-order valence-corrected chi connectivity index (χ0v) is 16.1. The van der Waals surface area contributed by atoms with Crippen LogP contribution in [0.3, 0.4) is 0 Å². The number of halogens is 1. The van der Waals surface area contributed by atoms with Gasteiger partial charge in [0.15, 0.2) is 0 Å². The highest BCUT2D eigenvalue weighted by molar-refractivity contribution is 5.85. The zero-order valence-electron chi connectivity index (χ0n) is 15.3. The molecule has 24 heavy (non-hydrogen) atoms. The summed E-state index contributed by atoms with van der Waals surface area (Å²) in [6.45, 7) is 6.17. The molecule has 0 aromatic rings. The van der Waals surface area contributed by atoms with Crippen molar-refractivity contribution in [3.05, 3.63) is 0 Å². The van der Waals surface area contributed by atoms with Crippen molar-refractivity contribution in [1.82, 2.24) is 20.0 Å². The number of carbonyl (C=O) groups is 2. The minimum atomic E-state index is 0. The van der Waals surface area contributed by atoms with E-state index in [1.165, 1.54) is 12.8 Å². The van der Waals surface area contributed by atoms with Crippen LogP contribution in [0.2, 0.25) is 0 Å². The second-order valence-electron chi connectivity index (χ2n) is 7.22. The Morgan fingerprint density at radius 3 is 2.21 bits per heavy atom. The van der Waals surface area contributed by atoms with Gasteiger partial charge in [0.05, 0.1) is 13.1 Å². The molecular weight excluding hydrogens is 328 g/mol. The molecule has 0 aromatic carbocycles. The summed E-state index contributed by atoms with van der Waals surface area (Å²) in [5.41, 5.74) is 0. The van der Waals surface area contributed by atoms with E-state index >= 15 is 0 Å². The summed E-state index contributed by atoms with van der Waals surface area (Å²) in [7, 11) is 3.77. The third-order valence-electron chi connectivity index (χ3n) is 5.21. The lowest BCUT2D eigenvalue weighted by Gasteiger charge is -2.34. The highest BCUT2D eigenvalue weighted by Gasteiger charge is 2.26. The van der Waals surface area contributed by atoms with Gasteiger partial charge in [0.1, 0.15) is 0 Å². The van der Waals surface area contributed by atoms with Crippen molar-refractivity contribution in [1.29, 1.82) is 0 Å².